The molecule has 3 rings (SSSR count). The van der Waals surface area contributed by atoms with Gasteiger partial charge in [0.25, 0.3) is 0 Å². The maximum Gasteiger partial charge on any atom is 0.341 e. The van der Waals surface area contributed by atoms with Crippen LogP contribution in [-0.4, -0.2) is 34.8 Å². The summed E-state index contributed by atoms with van der Waals surface area (Å²) in [7, 11) is 1.46. The van der Waals surface area contributed by atoms with Gasteiger partial charge in [-0.05, 0) is 24.3 Å². The zero-order chi connectivity index (χ0) is 18.5. The summed E-state index contributed by atoms with van der Waals surface area (Å²) >= 11 is 0. The molecule has 0 atom stereocenters. The lowest BCUT2D eigenvalue weighted by Crippen LogP contribution is -2.10. The minimum atomic E-state index is -1.11. The summed E-state index contributed by atoms with van der Waals surface area (Å²) in [4.78, 5) is 18.3. The van der Waals surface area contributed by atoms with Crippen molar-refractivity contribution < 1.29 is 19.4 Å². The number of aromatic nitrogens is 2. The number of methoxy groups -OCH3 is 1. The monoisotopic (exact) mass is 349 g/mol. The van der Waals surface area contributed by atoms with Crippen molar-refractivity contribution in [2.75, 3.05) is 13.7 Å². The van der Waals surface area contributed by atoms with E-state index in [0.29, 0.717) is 17.1 Å². The second kappa shape index (κ2) is 7.40. The van der Waals surface area contributed by atoms with E-state index in [1.165, 1.54) is 7.11 Å². The lowest BCUT2D eigenvalue weighted by Gasteiger charge is -2.12. The van der Waals surface area contributed by atoms with E-state index in [9.17, 15) is 10.1 Å². The topological polar surface area (TPSA) is 108 Å². The van der Waals surface area contributed by atoms with Crippen molar-refractivity contribution in [3.05, 3.63) is 53.9 Å². The number of nitrogens with zero attached hydrogens (tertiary/aromatic N) is 2. The van der Waals surface area contributed by atoms with Gasteiger partial charge in [0.15, 0.2) is 18.1 Å². The molecule has 0 amide bonds. The van der Waals surface area contributed by atoms with Crippen molar-refractivity contribution >= 4 is 28.7 Å². The van der Waals surface area contributed by atoms with Crippen molar-refractivity contribution in [2.24, 2.45) is 0 Å². The predicted molar refractivity (Wildman–Crippen MR) is 95.7 cm³/mol. The standard InChI is InChI=1S/C19H15N3O4/c1-25-16-8-4-5-12(18(16)26-11-17(23)24)9-13(10-20)19-21-14-6-2-3-7-15(14)22-19/h2-9H,11H2,1H3,(H,21,22)(H,23,24)/b13-9+. The van der Waals surface area contributed by atoms with Gasteiger partial charge >= 0.3 is 5.97 Å². The van der Waals surface area contributed by atoms with Crippen molar-refractivity contribution in [1.82, 2.24) is 9.97 Å². The van der Waals surface area contributed by atoms with E-state index in [4.69, 9.17) is 14.6 Å². The maximum atomic E-state index is 10.8. The number of carboxylic acid groups (broad SMARTS) is 1. The second-order valence-electron chi connectivity index (χ2n) is 5.33. The van der Waals surface area contributed by atoms with Gasteiger partial charge in [-0.15, -0.1) is 0 Å². The molecule has 26 heavy (non-hydrogen) atoms. The smallest absolute Gasteiger partial charge is 0.341 e. The van der Waals surface area contributed by atoms with Crippen molar-refractivity contribution in [3.8, 4) is 17.6 Å². The Labute approximate surface area is 149 Å². The molecule has 0 aliphatic rings. The number of nitriles is 1. The number of hydrogen-bond donors (Lipinski definition) is 2. The summed E-state index contributed by atoms with van der Waals surface area (Å²) in [5, 5.41) is 18.4. The molecule has 1 heterocycles. The van der Waals surface area contributed by atoms with Crippen LogP contribution in [-0.2, 0) is 4.79 Å². The molecule has 0 bridgehead atoms. The van der Waals surface area contributed by atoms with Gasteiger partial charge in [0.05, 0.1) is 23.7 Å². The number of para-hydroxylation sites is 3. The lowest BCUT2D eigenvalue weighted by molar-refractivity contribution is -0.139. The maximum absolute atomic E-state index is 10.8. The van der Waals surface area contributed by atoms with Crippen LogP contribution in [0.25, 0.3) is 22.7 Å². The third-order valence-electron chi connectivity index (χ3n) is 3.63. The highest BCUT2D eigenvalue weighted by molar-refractivity contribution is 5.91. The van der Waals surface area contributed by atoms with E-state index >= 15 is 0 Å². The number of hydrogen-bond acceptors (Lipinski definition) is 5. The molecule has 0 aliphatic heterocycles. The number of rotatable bonds is 6. The van der Waals surface area contributed by atoms with Gasteiger partial charge in [0, 0.05) is 5.56 Å². The third kappa shape index (κ3) is 3.49. The minimum Gasteiger partial charge on any atom is -0.493 e. The Morgan fingerprint density at radius 2 is 2.12 bits per heavy atom. The van der Waals surface area contributed by atoms with Crippen LogP contribution in [0.2, 0.25) is 0 Å². The van der Waals surface area contributed by atoms with Crippen LogP contribution in [0.3, 0.4) is 0 Å². The zero-order valence-corrected chi connectivity index (χ0v) is 13.9. The van der Waals surface area contributed by atoms with Gasteiger partial charge in [-0.3, -0.25) is 0 Å². The first-order valence-electron chi connectivity index (χ1n) is 7.71. The van der Waals surface area contributed by atoms with E-state index in [-0.39, 0.29) is 11.3 Å². The molecule has 0 aliphatic carbocycles. The molecule has 0 saturated carbocycles. The zero-order valence-electron chi connectivity index (χ0n) is 13.9. The van der Waals surface area contributed by atoms with Gasteiger partial charge in [0.2, 0.25) is 0 Å². The van der Waals surface area contributed by atoms with Crippen LogP contribution in [0, 0.1) is 11.3 Å². The van der Waals surface area contributed by atoms with Crippen LogP contribution < -0.4 is 9.47 Å². The fourth-order valence-electron chi connectivity index (χ4n) is 2.49. The quantitative estimate of drug-likeness (QED) is 0.662. The van der Waals surface area contributed by atoms with Gasteiger partial charge in [-0.25, -0.2) is 9.78 Å². The number of carbonyl (C=O) groups is 1. The summed E-state index contributed by atoms with van der Waals surface area (Å²) in [5.41, 5.74) is 2.37. The highest BCUT2D eigenvalue weighted by Crippen LogP contribution is 2.33. The third-order valence-corrected chi connectivity index (χ3v) is 3.63. The first-order valence-corrected chi connectivity index (χ1v) is 7.71. The molecule has 3 aromatic rings. The highest BCUT2D eigenvalue weighted by atomic mass is 16.5. The van der Waals surface area contributed by atoms with E-state index in [2.05, 4.69) is 16.0 Å². The summed E-state index contributed by atoms with van der Waals surface area (Å²) < 4.78 is 10.6. The summed E-state index contributed by atoms with van der Waals surface area (Å²) in [5.74, 6) is -0.0625. The molecule has 0 radical (unpaired) electrons. The van der Waals surface area contributed by atoms with E-state index in [1.54, 1.807) is 24.3 Å². The van der Waals surface area contributed by atoms with Gasteiger partial charge in [-0.2, -0.15) is 5.26 Å². The number of aromatic amines is 1. The Morgan fingerprint density at radius 1 is 1.31 bits per heavy atom. The molecule has 0 unspecified atom stereocenters. The van der Waals surface area contributed by atoms with Crippen LogP contribution >= 0.6 is 0 Å². The SMILES string of the molecule is COc1cccc(/C=C(\C#N)c2nc3ccccc3[nH]2)c1OCC(=O)O. The number of fused-ring (bicyclic) bond motifs is 1. The molecule has 2 N–H and O–H groups in total. The molecular formula is C19H15N3O4. The largest absolute Gasteiger partial charge is 0.493 e. The molecule has 7 nitrogen and oxygen atoms in total. The van der Waals surface area contributed by atoms with Crippen molar-refractivity contribution in [1.29, 1.82) is 5.26 Å². The Kier molecular flexibility index (Phi) is 4.85. The number of imidazole rings is 1. The average Bonchev–Trinajstić information content (AvgIpc) is 3.08. The van der Waals surface area contributed by atoms with E-state index in [0.717, 1.165) is 11.0 Å². The van der Waals surface area contributed by atoms with Crippen LogP contribution in [0.5, 0.6) is 11.5 Å². The Balaban J connectivity index is 2.06. The van der Waals surface area contributed by atoms with Gasteiger partial charge < -0.3 is 19.6 Å². The minimum absolute atomic E-state index is 0.251. The van der Waals surface area contributed by atoms with Gasteiger partial charge in [-0.1, -0.05) is 24.3 Å². The van der Waals surface area contributed by atoms with Crippen molar-refractivity contribution in [3.63, 3.8) is 0 Å². The summed E-state index contributed by atoms with van der Waals surface area (Å²) in [6.07, 6.45) is 1.58. The van der Waals surface area contributed by atoms with Crippen LogP contribution in [0.4, 0.5) is 0 Å². The second-order valence-corrected chi connectivity index (χ2v) is 5.33. The molecule has 1 aromatic heterocycles. The highest BCUT2D eigenvalue weighted by Gasteiger charge is 2.14. The Hall–Kier alpha value is -3.79. The number of carboxylic acids is 1. The van der Waals surface area contributed by atoms with Gasteiger partial charge in [0.1, 0.15) is 11.9 Å². The fourth-order valence-corrected chi connectivity index (χ4v) is 2.49. The normalized spacial score (nSPS) is 11.2. The number of benzene rings is 2. The number of ether oxygens (including phenoxy) is 2. The number of aliphatic carboxylic acids is 1. The molecule has 0 saturated heterocycles. The summed E-state index contributed by atoms with van der Waals surface area (Å²) in [6, 6.07) is 14.7. The molecule has 130 valence electrons. The molecule has 2 aromatic carbocycles. The Morgan fingerprint density at radius 3 is 2.81 bits per heavy atom. The lowest BCUT2D eigenvalue weighted by atomic mass is 10.1. The number of nitrogens with one attached hydrogen (secondary N) is 1. The molecule has 0 fully saturated rings. The van der Waals surface area contributed by atoms with E-state index < -0.39 is 12.6 Å². The van der Waals surface area contributed by atoms with E-state index in [1.807, 2.05) is 24.3 Å². The predicted octanol–water partition coefficient (Wildman–Crippen LogP) is 3.10. The van der Waals surface area contributed by atoms with Crippen LogP contribution in [0.1, 0.15) is 11.4 Å². The molecule has 7 heteroatoms. The fraction of sp³-hybridized carbons (Fsp3) is 0.105. The molecule has 0 spiro atoms. The number of H-pyrrole nitrogens is 1. The summed E-state index contributed by atoms with van der Waals surface area (Å²) in [6.45, 7) is -0.520. The number of allylic oxidation sites excluding steroid dienone is 1. The average molecular weight is 349 g/mol. The molecular weight excluding hydrogens is 334 g/mol. The first-order chi connectivity index (χ1) is 12.6. The first kappa shape index (κ1) is 17.0. The van der Waals surface area contributed by atoms with Crippen LogP contribution in [0.15, 0.2) is 42.5 Å². The Bertz CT molecular complexity index is 998. The van der Waals surface area contributed by atoms with Crippen molar-refractivity contribution in [2.45, 2.75) is 0 Å².